The predicted molar refractivity (Wildman–Crippen MR) is 45.6 cm³/mol. The van der Waals surface area contributed by atoms with Gasteiger partial charge in [0.25, 0.3) is 0 Å². The van der Waals surface area contributed by atoms with Crippen molar-refractivity contribution < 1.29 is 41.7 Å². The van der Waals surface area contributed by atoms with E-state index >= 15 is 0 Å². The van der Waals surface area contributed by atoms with Crippen molar-refractivity contribution in [1.82, 2.24) is 0 Å². The smallest absolute Gasteiger partial charge is 0.123 e. The number of phenolic OH excluding ortho intramolecular Hbond substituents is 1. The normalized spacial score (nSPS) is 8.62. The maximum Gasteiger partial charge on any atom is 0.123 e. The Hall–Kier alpha value is -0.357. The van der Waals surface area contributed by atoms with E-state index in [1.54, 1.807) is 6.07 Å². The van der Waals surface area contributed by atoms with E-state index in [0.29, 0.717) is 5.75 Å². The first kappa shape index (κ1) is 12.6. The summed E-state index contributed by atoms with van der Waals surface area (Å²) in [5.74, 6) is 0.350. The van der Waals surface area contributed by atoms with Gasteiger partial charge in [-0.25, -0.2) is 0 Å². The second-order valence-corrected chi connectivity index (χ2v) is 2.50. The van der Waals surface area contributed by atoms with Gasteiger partial charge in [-0.2, -0.15) is 0 Å². The van der Waals surface area contributed by atoms with Crippen LogP contribution in [-0.4, -0.2) is 5.11 Å². The molecule has 2 aromatic rings. The van der Waals surface area contributed by atoms with Crippen LogP contribution < -0.4 is 0 Å². The Labute approximate surface area is 100 Å². The molecule has 2 rings (SSSR count). The van der Waals surface area contributed by atoms with Crippen LogP contribution in [0.25, 0.3) is 10.8 Å². The van der Waals surface area contributed by atoms with Crippen LogP contribution in [0.4, 0.5) is 0 Å². The van der Waals surface area contributed by atoms with Crippen LogP contribution in [0.15, 0.2) is 42.5 Å². The van der Waals surface area contributed by atoms with Gasteiger partial charge in [0.05, 0.1) is 0 Å². The monoisotopic (exact) mass is 263 g/mol. The van der Waals surface area contributed by atoms with E-state index in [1.165, 1.54) is 0 Å². The van der Waals surface area contributed by atoms with Crippen LogP contribution in [0.5, 0.6) is 5.75 Å². The quantitative estimate of drug-likeness (QED) is 0.725. The van der Waals surface area contributed by atoms with Gasteiger partial charge in [0.1, 0.15) is 5.75 Å². The summed E-state index contributed by atoms with van der Waals surface area (Å²) in [4.78, 5) is 0. The molecule has 1 nitrogen and oxygen atoms in total. The van der Waals surface area contributed by atoms with Gasteiger partial charge in [-0.3, -0.25) is 0 Å². The second-order valence-electron chi connectivity index (χ2n) is 2.50. The maximum absolute atomic E-state index is 9.37. The van der Waals surface area contributed by atoms with Crippen LogP contribution in [0.3, 0.4) is 0 Å². The Morgan fingerprint density at radius 3 is 2.15 bits per heavy atom. The molecule has 1 radical (unpaired) electrons. The molecule has 0 fully saturated rings. The molecule has 0 amide bonds. The van der Waals surface area contributed by atoms with Crippen LogP contribution in [0, 0.1) is 0 Å². The molecule has 0 aliphatic heterocycles. The summed E-state index contributed by atoms with van der Waals surface area (Å²) < 4.78 is 0. The fourth-order valence-corrected chi connectivity index (χ4v) is 1.21. The zero-order chi connectivity index (χ0) is 7.68. The summed E-state index contributed by atoms with van der Waals surface area (Å²) >= 11 is 0. The SMILES string of the molecule is Oc1cccc2ccccc12.[Mn].[Zn]. The summed E-state index contributed by atoms with van der Waals surface area (Å²) in [6.45, 7) is 0. The molecule has 3 heteroatoms. The summed E-state index contributed by atoms with van der Waals surface area (Å²) in [5, 5.41) is 11.4. The molecule has 0 bridgehead atoms. The van der Waals surface area contributed by atoms with Gasteiger partial charge in [-0.15, -0.1) is 0 Å². The van der Waals surface area contributed by atoms with E-state index in [1.807, 2.05) is 36.4 Å². The number of benzene rings is 2. The summed E-state index contributed by atoms with van der Waals surface area (Å²) in [5.41, 5.74) is 0. The molecule has 63 valence electrons. The molecule has 0 aliphatic rings. The van der Waals surface area contributed by atoms with Gasteiger partial charge in [0.2, 0.25) is 0 Å². The van der Waals surface area contributed by atoms with E-state index in [2.05, 4.69) is 0 Å². The molecule has 0 spiro atoms. The minimum atomic E-state index is 0. The zero-order valence-electron chi connectivity index (χ0n) is 7.07. The number of aromatic hydroxyl groups is 1. The van der Waals surface area contributed by atoms with Gasteiger partial charge >= 0.3 is 0 Å². The first-order chi connectivity index (χ1) is 5.38. The van der Waals surface area contributed by atoms with E-state index < -0.39 is 0 Å². The van der Waals surface area contributed by atoms with Crippen molar-refractivity contribution in [3.63, 3.8) is 0 Å². The summed E-state index contributed by atoms with van der Waals surface area (Å²) in [6, 6.07) is 13.3. The Kier molecular flexibility index (Phi) is 5.24. The van der Waals surface area contributed by atoms with Crippen LogP contribution >= 0.6 is 0 Å². The standard InChI is InChI=1S/C10H8O.Mn.Zn/c11-10-7-3-5-8-4-1-2-6-9(8)10;;/h1-7,11H;;. The molecule has 0 aromatic heterocycles. The van der Waals surface area contributed by atoms with Crippen molar-refractivity contribution in [1.29, 1.82) is 0 Å². The number of rotatable bonds is 0. The van der Waals surface area contributed by atoms with Crippen LogP contribution in [0.1, 0.15) is 0 Å². The fourth-order valence-electron chi connectivity index (χ4n) is 1.21. The maximum atomic E-state index is 9.37. The van der Waals surface area contributed by atoms with Gasteiger partial charge in [0, 0.05) is 41.9 Å². The topological polar surface area (TPSA) is 20.2 Å². The molecular weight excluding hydrogens is 256 g/mol. The van der Waals surface area contributed by atoms with E-state index in [0.717, 1.165) is 10.8 Å². The average molecular weight is 265 g/mol. The molecule has 1 N–H and O–H groups in total. The predicted octanol–water partition coefficient (Wildman–Crippen LogP) is 2.54. The van der Waals surface area contributed by atoms with Gasteiger partial charge in [0.15, 0.2) is 0 Å². The van der Waals surface area contributed by atoms with Crippen LogP contribution in [0.2, 0.25) is 0 Å². The fraction of sp³-hybridized carbons (Fsp3) is 0. The van der Waals surface area contributed by atoms with Crippen molar-refractivity contribution in [2.75, 3.05) is 0 Å². The van der Waals surface area contributed by atoms with Crippen molar-refractivity contribution in [2.45, 2.75) is 0 Å². The third kappa shape index (κ3) is 2.54. The molecular formula is C10H8MnOZn. The molecule has 0 unspecified atom stereocenters. The second kappa shape index (κ2) is 5.39. The van der Waals surface area contributed by atoms with Gasteiger partial charge in [-0.1, -0.05) is 36.4 Å². The van der Waals surface area contributed by atoms with Crippen molar-refractivity contribution in [3.8, 4) is 5.75 Å². The molecule has 0 saturated heterocycles. The van der Waals surface area contributed by atoms with Crippen molar-refractivity contribution >= 4 is 10.8 Å². The van der Waals surface area contributed by atoms with E-state index in [9.17, 15) is 5.11 Å². The average Bonchev–Trinajstić information content (AvgIpc) is 2.06. The third-order valence-electron chi connectivity index (χ3n) is 1.77. The Morgan fingerprint density at radius 1 is 0.846 bits per heavy atom. The Balaban J connectivity index is 0.000000720. The molecule has 0 heterocycles. The van der Waals surface area contributed by atoms with Crippen molar-refractivity contribution in [2.24, 2.45) is 0 Å². The van der Waals surface area contributed by atoms with E-state index in [4.69, 9.17) is 0 Å². The molecule has 0 atom stereocenters. The van der Waals surface area contributed by atoms with Crippen LogP contribution in [-0.2, 0) is 36.5 Å². The van der Waals surface area contributed by atoms with Gasteiger partial charge < -0.3 is 5.11 Å². The summed E-state index contributed by atoms with van der Waals surface area (Å²) in [7, 11) is 0. The molecule has 0 aliphatic carbocycles. The number of hydrogen-bond acceptors (Lipinski definition) is 1. The summed E-state index contributed by atoms with van der Waals surface area (Å²) in [6.07, 6.45) is 0. The minimum Gasteiger partial charge on any atom is -0.507 e. The molecule has 2 aromatic carbocycles. The minimum absolute atomic E-state index is 0. The zero-order valence-corrected chi connectivity index (χ0v) is 11.2. The number of phenols is 1. The third-order valence-corrected chi connectivity index (χ3v) is 1.77. The Morgan fingerprint density at radius 2 is 1.46 bits per heavy atom. The van der Waals surface area contributed by atoms with E-state index in [-0.39, 0.29) is 36.5 Å². The molecule has 0 saturated carbocycles. The molecule has 13 heavy (non-hydrogen) atoms. The first-order valence-corrected chi connectivity index (χ1v) is 3.54. The van der Waals surface area contributed by atoms with Crippen molar-refractivity contribution in [3.05, 3.63) is 42.5 Å². The first-order valence-electron chi connectivity index (χ1n) is 3.54. The van der Waals surface area contributed by atoms with Gasteiger partial charge in [-0.05, 0) is 11.5 Å². The number of hydrogen-bond donors (Lipinski definition) is 1. The largest absolute Gasteiger partial charge is 0.507 e. The Bertz CT molecular complexity index is 384. The number of fused-ring (bicyclic) bond motifs is 1.